The first-order chi connectivity index (χ1) is 12.4. The molecule has 0 aliphatic rings. The fraction of sp³-hybridized carbons (Fsp3) is 0.389. The van der Waals surface area contributed by atoms with Gasteiger partial charge in [0.2, 0.25) is 0 Å². The molecule has 26 heavy (non-hydrogen) atoms. The van der Waals surface area contributed by atoms with Crippen LogP contribution >= 0.6 is 22.9 Å². The minimum absolute atomic E-state index is 0.0320. The van der Waals surface area contributed by atoms with Crippen LogP contribution in [0, 0.1) is 0 Å². The lowest BCUT2D eigenvalue weighted by molar-refractivity contribution is 0.0949. The van der Waals surface area contributed by atoms with Crippen LogP contribution in [0.5, 0.6) is 0 Å². The van der Waals surface area contributed by atoms with E-state index >= 15 is 0 Å². The molecule has 6 nitrogen and oxygen atoms in total. The van der Waals surface area contributed by atoms with Crippen molar-refractivity contribution in [1.82, 2.24) is 15.2 Å². The Hall–Kier alpha value is -2.12. The standard InChI is InChI=1S/C18H23ClN4O2S/c1-4-8-20-17(24)15-11-26-16(22-15)10-23(12(2)3)18(25)21-14-7-5-6-13(19)9-14/h5-7,9,11-12H,4,8,10H2,1-3H3,(H,20,24)(H,21,25). The van der Waals surface area contributed by atoms with E-state index in [4.69, 9.17) is 11.6 Å². The van der Waals surface area contributed by atoms with Crippen LogP contribution in [0.3, 0.4) is 0 Å². The van der Waals surface area contributed by atoms with Gasteiger partial charge in [0, 0.05) is 28.7 Å². The molecular formula is C18H23ClN4O2S. The molecule has 1 heterocycles. The molecule has 0 radical (unpaired) electrons. The van der Waals surface area contributed by atoms with E-state index in [9.17, 15) is 9.59 Å². The van der Waals surface area contributed by atoms with Gasteiger partial charge in [-0.25, -0.2) is 9.78 Å². The van der Waals surface area contributed by atoms with Gasteiger partial charge < -0.3 is 15.5 Å². The van der Waals surface area contributed by atoms with E-state index in [1.54, 1.807) is 34.5 Å². The maximum Gasteiger partial charge on any atom is 0.322 e. The van der Waals surface area contributed by atoms with Crippen LogP contribution in [-0.2, 0) is 6.54 Å². The summed E-state index contributed by atoms with van der Waals surface area (Å²) in [6.07, 6.45) is 0.869. The Kier molecular flexibility index (Phi) is 7.41. The number of amides is 3. The number of halogens is 1. The molecule has 2 rings (SSSR count). The molecule has 8 heteroatoms. The van der Waals surface area contributed by atoms with Gasteiger partial charge in [-0.05, 0) is 38.5 Å². The molecule has 1 aromatic carbocycles. The number of hydrogen-bond acceptors (Lipinski definition) is 4. The number of benzene rings is 1. The van der Waals surface area contributed by atoms with Crippen molar-refractivity contribution in [1.29, 1.82) is 0 Å². The van der Waals surface area contributed by atoms with Gasteiger partial charge in [-0.15, -0.1) is 11.3 Å². The van der Waals surface area contributed by atoms with Crippen LogP contribution in [0.25, 0.3) is 0 Å². The van der Waals surface area contributed by atoms with Crippen molar-refractivity contribution in [2.75, 3.05) is 11.9 Å². The zero-order valence-electron chi connectivity index (χ0n) is 15.1. The third-order valence-corrected chi connectivity index (χ3v) is 4.65. The predicted octanol–water partition coefficient (Wildman–Crippen LogP) is 4.38. The Bertz CT molecular complexity index is 763. The summed E-state index contributed by atoms with van der Waals surface area (Å²) >= 11 is 7.33. The zero-order valence-corrected chi connectivity index (χ0v) is 16.7. The lowest BCUT2D eigenvalue weighted by Gasteiger charge is -2.26. The highest BCUT2D eigenvalue weighted by atomic mass is 35.5. The third-order valence-electron chi connectivity index (χ3n) is 3.59. The summed E-state index contributed by atoms with van der Waals surface area (Å²) in [5.74, 6) is -0.186. The van der Waals surface area contributed by atoms with Gasteiger partial charge in [0.1, 0.15) is 10.7 Å². The second-order valence-corrected chi connectivity index (χ2v) is 7.42. The molecule has 0 atom stereocenters. The van der Waals surface area contributed by atoms with E-state index in [1.807, 2.05) is 20.8 Å². The molecule has 3 amide bonds. The first kappa shape index (κ1) is 20.2. The molecule has 0 fully saturated rings. The number of nitrogens with one attached hydrogen (secondary N) is 2. The Morgan fingerprint density at radius 2 is 2.12 bits per heavy atom. The lowest BCUT2D eigenvalue weighted by Crippen LogP contribution is -2.39. The van der Waals surface area contributed by atoms with Crippen molar-refractivity contribution in [3.05, 3.63) is 45.4 Å². The zero-order chi connectivity index (χ0) is 19.1. The molecule has 0 saturated carbocycles. The monoisotopic (exact) mass is 394 g/mol. The van der Waals surface area contributed by atoms with Crippen molar-refractivity contribution in [3.8, 4) is 0 Å². The molecule has 2 N–H and O–H groups in total. The number of hydrogen-bond donors (Lipinski definition) is 2. The average molecular weight is 395 g/mol. The van der Waals surface area contributed by atoms with Crippen LogP contribution in [0.4, 0.5) is 10.5 Å². The highest BCUT2D eigenvalue weighted by molar-refractivity contribution is 7.09. The van der Waals surface area contributed by atoms with E-state index in [-0.39, 0.29) is 18.0 Å². The van der Waals surface area contributed by atoms with Gasteiger partial charge in [-0.2, -0.15) is 0 Å². The largest absolute Gasteiger partial charge is 0.351 e. The van der Waals surface area contributed by atoms with E-state index in [0.717, 1.165) is 6.42 Å². The van der Waals surface area contributed by atoms with Crippen molar-refractivity contribution in [2.24, 2.45) is 0 Å². The summed E-state index contributed by atoms with van der Waals surface area (Å²) < 4.78 is 0. The van der Waals surface area contributed by atoms with Gasteiger partial charge >= 0.3 is 6.03 Å². The maximum atomic E-state index is 12.6. The third kappa shape index (κ3) is 5.71. The van der Waals surface area contributed by atoms with Crippen molar-refractivity contribution < 1.29 is 9.59 Å². The summed E-state index contributed by atoms with van der Waals surface area (Å²) in [6, 6.07) is 6.72. The Labute approximate surface area is 162 Å². The average Bonchev–Trinajstić information content (AvgIpc) is 3.06. The summed E-state index contributed by atoms with van der Waals surface area (Å²) in [5, 5.41) is 8.62. The summed E-state index contributed by atoms with van der Waals surface area (Å²) in [5.41, 5.74) is 1.02. The molecular weight excluding hydrogens is 372 g/mol. The molecule has 0 unspecified atom stereocenters. The summed E-state index contributed by atoms with van der Waals surface area (Å²) in [6.45, 7) is 6.80. The predicted molar refractivity (Wildman–Crippen MR) is 106 cm³/mol. The van der Waals surface area contributed by atoms with Crippen molar-refractivity contribution in [2.45, 2.75) is 39.8 Å². The van der Waals surface area contributed by atoms with Gasteiger partial charge in [0.05, 0.1) is 6.54 Å². The highest BCUT2D eigenvalue weighted by Gasteiger charge is 2.20. The first-order valence-electron chi connectivity index (χ1n) is 8.46. The van der Waals surface area contributed by atoms with E-state index < -0.39 is 0 Å². The minimum Gasteiger partial charge on any atom is -0.351 e. The van der Waals surface area contributed by atoms with Crippen LogP contribution in [0.1, 0.15) is 42.7 Å². The number of carbonyl (C=O) groups excluding carboxylic acids is 2. The van der Waals surface area contributed by atoms with Crippen LogP contribution < -0.4 is 10.6 Å². The topological polar surface area (TPSA) is 74.3 Å². The van der Waals surface area contributed by atoms with Gasteiger partial charge in [-0.3, -0.25) is 4.79 Å². The SMILES string of the molecule is CCCNC(=O)c1csc(CN(C(=O)Nc2cccc(Cl)c2)C(C)C)n1. The fourth-order valence-corrected chi connectivity index (χ4v) is 3.18. The molecule has 0 bridgehead atoms. The van der Waals surface area contributed by atoms with Crippen molar-refractivity contribution in [3.63, 3.8) is 0 Å². The molecule has 140 valence electrons. The molecule has 2 aromatic rings. The summed E-state index contributed by atoms with van der Waals surface area (Å²) in [7, 11) is 0. The summed E-state index contributed by atoms with van der Waals surface area (Å²) in [4.78, 5) is 30.6. The van der Waals surface area contributed by atoms with Crippen LogP contribution in [0.2, 0.25) is 5.02 Å². The van der Waals surface area contributed by atoms with E-state index in [1.165, 1.54) is 11.3 Å². The van der Waals surface area contributed by atoms with Gasteiger partial charge in [-0.1, -0.05) is 24.6 Å². The van der Waals surface area contributed by atoms with Crippen LogP contribution in [-0.4, -0.2) is 34.4 Å². The Morgan fingerprint density at radius 3 is 2.77 bits per heavy atom. The number of anilines is 1. The Morgan fingerprint density at radius 1 is 1.35 bits per heavy atom. The smallest absolute Gasteiger partial charge is 0.322 e. The number of rotatable bonds is 7. The lowest BCUT2D eigenvalue weighted by atomic mass is 10.3. The molecule has 0 spiro atoms. The van der Waals surface area contributed by atoms with Crippen LogP contribution in [0.15, 0.2) is 29.6 Å². The second kappa shape index (κ2) is 9.54. The number of aromatic nitrogens is 1. The number of nitrogens with zero attached hydrogens (tertiary/aromatic N) is 2. The van der Waals surface area contributed by atoms with Gasteiger partial charge in [0.15, 0.2) is 0 Å². The fourth-order valence-electron chi connectivity index (χ4n) is 2.21. The quantitative estimate of drug-likeness (QED) is 0.731. The van der Waals surface area contributed by atoms with E-state index in [2.05, 4.69) is 15.6 Å². The minimum atomic E-state index is -0.241. The second-order valence-electron chi connectivity index (χ2n) is 6.04. The number of urea groups is 1. The Balaban J connectivity index is 2.05. The van der Waals surface area contributed by atoms with Gasteiger partial charge in [0.25, 0.3) is 5.91 Å². The highest BCUT2D eigenvalue weighted by Crippen LogP contribution is 2.18. The maximum absolute atomic E-state index is 12.6. The molecule has 1 aromatic heterocycles. The van der Waals surface area contributed by atoms with Crippen molar-refractivity contribution >= 4 is 40.6 Å². The number of thiazole rings is 1. The number of carbonyl (C=O) groups is 2. The molecule has 0 saturated heterocycles. The molecule has 0 aliphatic heterocycles. The first-order valence-corrected chi connectivity index (χ1v) is 9.72. The molecule has 0 aliphatic carbocycles. The van der Waals surface area contributed by atoms with E-state index in [0.29, 0.717) is 34.5 Å². The normalized spacial score (nSPS) is 10.7.